The van der Waals surface area contributed by atoms with Crippen molar-refractivity contribution in [3.05, 3.63) is 78.1 Å². The number of aromatic nitrogens is 1. The van der Waals surface area contributed by atoms with E-state index in [0.29, 0.717) is 12.3 Å². The maximum atomic E-state index is 14.0. The Hall–Kier alpha value is -3.25. The van der Waals surface area contributed by atoms with E-state index in [4.69, 9.17) is 16.3 Å². The van der Waals surface area contributed by atoms with Crippen molar-refractivity contribution in [1.82, 2.24) is 9.47 Å². The minimum Gasteiger partial charge on any atom is -0.496 e. The number of halogens is 1. The molecule has 0 spiro atoms. The van der Waals surface area contributed by atoms with Crippen molar-refractivity contribution in [2.24, 2.45) is 0 Å². The summed E-state index contributed by atoms with van der Waals surface area (Å²) in [5.41, 5.74) is 3.53. The molecule has 6 nitrogen and oxygen atoms in total. The van der Waals surface area contributed by atoms with Crippen LogP contribution in [0.4, 0.5) is 5.69 Å². The second-order valence-corrected chi connectivity index (χ2v) is 9.08. The number of alkyl halides is 1. The van der Waals surface area contributed by atoms with Crippen LogP contribution in [0, 0.1) is 0 Å². The lowest BCUT2D eigenvalue weighted by Crippen LogP contribution is -2.48. The third-order valence-electron chi connectivity index (χ3n) is 6.18. The lowest BCUT2D eigenvalue weighted by Gasteiger charge is -2.40. The number of ether oxygens (including phenoxy) is 1. The number of rotatable bonds is 8. The van der Waals surface area contributed by atoms with E-state index in [1.165, 1.54) is 0 Å². The summed E-state index contributed by atoms with van der Waals surface area (Å²) in [5, 5.41) is -0.694. The number of carbonyl (C=O) groups excluding carboxylic acids is 2. The third kappa shape index (κ3) is 4.42. The molecular weight excluding hydrogens is 450 g/mol. The Morgan fingerprint density at radius 3 is 2.47 bits per heavy atom. The molecule has 178 valence electrons. The van der Waals surface area contributed by atoms with E-state index < -0.39 is 11.4 Å². The fourth-order valence-corrected chi connectivity index (χ4v) is 4.69. The van der Waals surface area contributed by atoms with Gasteiger partial charge in [0.25, 0.3) is 0 Å². The SMILES string of the molecule is CCCCN(CC(=O)N1c2ccccc2-n2cccc2C1c1ccccc1OC)C(=O)C(C)Cl. The van der Waals surface area contributed by atoms with Gasteiger partial charge in [0, 0.05) is 18.3 Å². The maximum Gasteiger partial charge on any atom is 0.247 e. The molecule has 0 radical (unpaired) electrons. The molecule has 0 aliphatic carbocycles. The molecule has 0 fully saturated rings. The van der Waals surface area contributed by atoms with Gasteiger partial charge in [-0.15, -0.1) is 11.6 Å². The van der Waals surface area contributed by atoms with Crippen LogP contribution in [-0.2, 0) is 9.59 Å². The summed E-state index contributed by atoms with van der Waals surface area (Å²) in [7, 11) is 1.63. The largest absolute Gasteiger partial charge is 0.496 e. The normalized spacial score (nSPS) is 15.3. The van der Waals surface area contributed by atoms with Crippen LogP contribution < -0.4 is 9.64 Å². The summed E-state index contributed by atoms with van der Waals surface area (Å²) in [5.74, 6) is 0.300. The van der Waals surface area contributed by atoms with E-state index in [-0.39, 0.29) is 18.4 Å². The molecule has 0 saturated carbocycles. The zero-order chi connectivity index (χ0) is 24.2. The van der Waals surface area contributed by atoms with Crippen LogP contribution in [0.3, 0.4) is 0 Å². The van der Waals surface area contributed by atoms with Crippen molar-refractivity contribution in [2.45, 2.75) is 38.1 Å². The first-order valence-corrected chi connectivity index (χ1v) is 12.1. The van der Waals surface area contributed by atoms with Gasteiger partial charge in [0.05, 0.1) is 24.2 Å². The van der Waals surface area contributed by atoms with E-state index >= 15 is 0 Å². The van der Waals surface area contributed by atoms with Gasteiger partial charge < -0.3 is 14.2 Å². The molecule has 34 heavy (non-hydrogen) atoms. The van der Waals surface area contributed by atoms with E-state index in [0.717, 1.165) is 35.5 Å². The van der Waals surface area contributed by atoms with Crippen LogP contribution in [-0.4, -0.2) is 46.9 Å². The molecule has 2 aromatic carbocycles. The summed E-state index contributed by atoms with van der Waals surface area (Å²) >= 11 is 6.13. The van der Waals surface area contributed by atoms with Gasteiger partial charge in [-0.2, -0.15) is 0 Å². The molecule has 2 heterocycles. The number of fused-ring (bicyclic) bond motifs is 3. The predicted molar refractivity (Wildman–Crippen MR) is 135 cm³/mol. The van der Waals surface area contributed by atoms with Crippen LogP contribution in [0.5, 0.6) is 5.75 Å². The number of hydrogen-bond acceptors (Lipinski definition) is 3. The average Bonchev–Trinajstić information content (AvgIpc) is 3.35. The van der Waals surface area contributed by atoms with Gasteiger partial charge in [0.2, 0.25) is 11.8 Å². The summed E-state index contributed by atoms with van der Waals surface area (Å²) in [6.07, 6.45) is 3.72. The molecule has 2 amide bonds. The molecule has 3 aromatic rings. The monoisotopic (exact) mass is 479 g/mol. The number of methoxy groups -OCH3 is 1. The van der Waals surface area contributed by atoms with E-state index in [1.54, 1.807) is 23.8 Å². The van der Waals surface area contributed by atoms with Gasteiger partial charge >= 0.3 is 0 Å². The highest BCUT2D eigenvalue weighted by Crippen LogP contribution is 2.44. The van der Waals surface area contributed by atoms with Crippen molar-refractivity contribution in [3.8, 4) is 11.4 Å². The van der Waals surface area contributed by atoms with Crippen molar-refractivity contribution in [1.29, 1.82) is 0 Å². The minimum absolute atomic E-state index is 0.0451. The van der Waals surface area contributed by atoms with Crippen molar-refractivity contribution in [2.75, 3.05) is 25.1 Å². The fourth-order valence-electron chi connectivity index (χ4n) is 4.56. The maximum absolute atomic E-state index is 14.0. The van der Waals surface area contributed by atoms with Gasteiger partial charge in [0.15, 0.2) is 0 Å². The number of carbonyl (C=O) groups is 2. The minimum atomic E-state index is -0.694. The summed E-state index contributed by atoms with van der Waals surface area (Å²) < 4.78 is 7.79. The Kier molecular flexibility index (Phi) is 7.27. The zero-order valence-corrected chi connectivity index (χ0v) is 20.5. The Balaban J connectivity index is 1.82. The summed E-state index contributed by atoms with van der Waals surface area (Å²) in [6.45, 7) is 4.15. The molecule has 7 heteroatoms. The number of amides is 2. The van der Waals surface area contributed by atoms with Crippen LogP contribution >= 0.6 is 11.6 Å². The Bertz CT molecular complexity index is 1170. The third-order valence-corrected chi connectivity index (χ3v) is 6.37. The Labute approximate surface area is 205 Å². The smallest absolute Gasteiger partial charge is 0.247 e. The molecule has 4 rings (SSSR count). The van der Waals surface area contributed by atoms with Crippen LogP contribution in [0.25, 0.3) is 5.69 Å². The predicted octanol–water partition coefficient (Wildman–Crippen LogP) is 5.18. The average molecular weight is 480 g/mol. The number of anilines is 1. The molecule has 2 atom stereocenters. The van der Waals surface area contributed by atoms with Crippen molar-refractivity contribution in [3.63, 3.8) is 0 Å². The summed E-state index contributed by atoms with van der Waals surface area (Å²) in [4.78, 5) is 30.2. The second-order valence-electron chi connectivity index (χ2n) is 8.43. The Morgan fingerprint density at radius 2 is 1.76 bits per heavy atom. The molecule has 1 aliphatic rings. The number of benzene rings is 2. The quantitative estimate of drug-likeness (QED) is 0.418. The van der Waals surface area contributed by atoms with E-state index in [1.807, 2.05) is 66.9 Å². The molecule has 1 aromatic heterocycles. The molecule has 1 aliphatic heterocycles. The van der Waals surface area contributed by atoms with Gasteiger partial charge in [-0.05, 0) is 43.7 Å². The standard InChI is InChI=1S/C27H30ClN3O3/c1-4-5-16-29(27(33)19(2)28)18-25(32)31-22-13-8-7-12-21(22)30-17-10-14-23(30)26(31)20-11-6-9-15-24(20)34-3/h6-15,17,19,26H,4-5,16,18H2,1-3H3. The highest BCUT2D eigenvalue weighted by molar-refractivity contribution is 6.30. The van der Waals surface area contributed by atoms with E-state index in [9.17, 15) is 9.59 Å². The van der Waals surface area contributed by atoms with Crippen molar-refractivity contribution < 1.29 is 14.3 Å². The zero-order valence-electron chi connectivity index (χ0n) is 19.8. The number of hydrogen-bond donors (Lipinski definition) is 0. The topological polar surface area (TPSA) is 54.8 Å². The molecule has 0 saturated heterocycles. The van der Waals surface area contributed by atoms with Crippen LogP contribution in [0.1, 0.15) is 44.0 Å². The van der Waals surface area contributed by atoms with Crippen LogP contribution in [0.15, 0.2) is 66.9 Å². The number of unbranched alkanes of at least 4 members (excludes halogenated alkanes) is 1. The van der Waals surface area contributed by atoms with E-state index in [2.05, 4.69) is 11.5 Å². The van der Waals surface area contributed by atoms with Gasteiger partial charge in [-0.25, -0.2) is 0 Å². The molecule has 0 N–H and O–H groups in total. The first kappa shape index (κ1) is 23.9. The summed E-state index contributed by atoms with van der Waals surface area (Å²) in [6, 6.07) is 19.2. The highest BCUT2D eigenvalue weighted by atomic mass is 35.5. The fraction of sp³-hybridized carbons (Fsp3) is 0.333. The van der Waals surface area contributed by atoms with Gasteiger partial charge in [-0.3, -0.25) is 14.5 Å². The first-order chi connectivity index (χ1) is 16.5. The van der Waals surface area contributed by atoms with Gasteiger partial charge in [-0.1, -0.05) is 43.7 Å². The first-order valence-electron chi connectivity index (χ1n) is 11.6. The lowest BCUT2D eigenvalue weighted by atomic mass is 9.96. The highest BCUT2D eigenvalue weighted by Gasteiger charge is 2.38. The lowest BCUT2D eigenvalue weighted by molar-refractivity contribution is -0.134. The van der Waals surface area contributed by atoms with Gasteiger partial charge in [0.1, 0.15) is 23.7 Å². The Morgan fingerprint density at radius 1 is 1.06 bits per heavy atom. The number of para-hydroxylation sites is 3. The number of nitrogens with zero attached hydrogens (tertiary/aromatic N) is 3. The molecule has 2 unspecified atom stereocenters. The second kappa shape index (κ2) is 10.3. The molecular formula is C27H30ClN3O3. The molecule has 0 bridgehead atoms. The van der Waals surface area contributed by atoms with Crippen molar-refractivity contribution >= 4 is 29.1 Å². The van der Waals surface area contributed by atoms with Crippen LogP contribution in [0.2, 0.25) is 0 Å².